The number of amides is 2. The van der Waals surface area contributed by atoms with E-state index in [1.165, 1.54) is 5.56 Å². The minimum atomic E-state index is -0.0446. The van der Waals surface area contributed by atoms with Crippen LogP contribution in [0, 0.1) is 0 Å². The van der Waals surface area contributed by atoms with Crippen molar-refractivity contribution in [1.82, 2.24) is 10.2 Å². The van der Waals surface area contributed by atoms with Crippen molar-refractivity contribution in [3.63, 3.8) is 0 Å². The largest absolute Gasteiger partial charge is 0.493 e. The van der Waals surface area contributed by atoms with Crippen LogP contribution in [-0.4, -0.2) is 31.7 Å². The molecule has 5 heteroatoms. The van der Waals surface area contributed by atoms with E-state index in [2.05, 4.69) is 5.32 Å². The molecule has 0 saturated carbocycles. The molecular formula is C20H24N2O3. The summed E-state index contributed by atoms with van der Waals surface area (Å²) < 4.78 is 10.8. The zero-order valence-corrected chi connectivity index (χ0v) is 14.9. The van der Waals surface area contributed by atoms with E-state index in [4.69, 9.17) is 9.47 Å². The van der Waals surface area contributed by atoms with Gasteiger partial charge in [0.15, 0.2) is 11.5 Å². The van der Waals surface area contributed by atoms with Crippen LogP contribution in [0.25, 0.3) is 0 Å². The van der Waals surface area contributed by atoms with Gasteiger partial charge in [0.05, 0.1) is 20.3 Å². The molecule has 1 aliphatic heterocycles. The number of urea groups is 1. The van der Waals surface area contributed by atoms with E-state index in [-0.39, 0.29) is 12.1 Å². The molecule has 132 valence electrons. The van der Waals surface area contributed by atoms with Gasteiger partial charge in [0.25, 0.3) is 0 Å². The van der Waals surface area contributed by atoms with E-state index in [0.717, 1.165) is 23.3 Å². The minimum Gasteiger partial charge on any atom is -0.493 e. The van der Waals surface area contributed by atoms with Crippen molar-refractivity contribution in [3.05, 3.63) is 59.2 Å². The highest BCUT2D eigenvalue weighted by molar-refractivity contribution is 5.75. The molecule has 25 heavy (non-hydrogen) atoms. The molecule has 0 unspecified atom stereocenters. The third kappa shape index (κ3) is 3.55. The smallest absolute Gasteiger partial charge is 0.318 e. The van der Waals surface area contributed by atoms with Crippen molar-refractivity contribution in [2.45, 2.75) is 25.9 Å². The zero-order valence-electron chi connectivity index (χ0n) is 14.9. The molecule has 0 radical (unpaired) electrons. The van der Waals surface area contributed by atoms with Gasteiger partial charge in [-0.15, -0.1) is 0 Å². The second-order valence-electron chi connectivity index (χ2n) is 6.17. The van der Waals surface area contributed by atoms with Gasteiger partial charge >= 0.3 is 6.03 Å². The second kappa shape index (κ2) is 7.47. The van der Waals surface area contributed by atoms with Crippen molar-refractivity contribution in [2.24, 2.45) is 0 Å². The number of ether oxygens (including phenoxy) is 2. The zero-order chi connectivity index (χ0) is 17.8. The molecule has 3 rings (SSSR count). The van der Waals surface area contributed by atoms with Crippen molar-refractivity contribution >= 4 is 6.03 Å². The molecule has 1 atom stereocenters. The number of hydrogen-bond acceptors (Lipinski definition) is 3. The Morgan fingerprint density at radius 1 is 1.16 bits per heavy atom. The van der Waals surface area contributed by atoms with Gasteiger partial charge in [-0.2, -0.15) is 0 Å². The molecule has 0 fully saturated rings. The van der Waals surface area contributed by atoms with Crippen LogP contribution < -0.4 is 14.8 Å². The van der Waals surface area contributed by atoms with Gasteiger partial charge in [-0.3, -0.25) is 0 Å². The molecule has 2 aromatic carbocycles. The van der Waals surface area contributed by atoms with Gasteiger partial charge < -0.3 is 19.7 Å². The number of nitrogens with one attached hydrogen (secondary N) is 1. The standard InChI is InChI=1S/C20H24N2O3/c1-14-17-12-19(25-3)18(24-2)11-16(17)9-10-22(14)20(23)21-13-15-7-5-4-6-8-15/h4-8,11-12,14H,9-10,13H2,1-3H3,(H,21,23)/t14-/m1/s1. The number of rotatable bonds is 4. The normalized spacial score (nSPS) is 16.1. The Morgan fingerprint density at radius 3 is 2.52 bits per heavy atom. The Morgan fingerprint density at radius 2 is 1.84 bits per heavy atom. The van der Waals surface area contributed by atoms with Crippen LogP contribution in [0.4, 0.5) is 4.79 Å². The van der Waals surface area contributed by atoms with E-state index in [1.807, 2.05) is 54.3 Å². The maximum atomic E-state index is 12.6. The Balaban J connectivity index is 1.74. The SMILES string of the molecule is COc1cc2c(cc1OC)[C@@H](C)N(C(=O)NCc1ccccc1)CC2. The highest BCUT2D eigenvalue weighted by atomic mass is 16.5. The predicted octanol–water partition coefficient (Wildman–Crippen LogP) is 3.53. The topological polar surface area (TPSA) is 50.8 Å². The number of nitrogens with zero attached hydrogens (tertiary/aromatic N) is 1. The number of benzene rings is 2. The molecule has 1 N–H and O–H groups in total. The summed E-state index contributed by atoms with van der Waals surface area (Å²) in [6.45, 7) is 3.26. The number of carbonyl (C=O) groups is 1. The van der Waals surface area contributed by atoms with E-state index < -0.39 is 0 Å². The Bertz CT molecular complexity index is 746. The maximum absolute atomic E-state index is 12.6. The first-order valence-electron chi connectivity index (χ1n) is 8.47. The summed E-state index contributed by atoms with van der Waals surface area (Å²) >= 11 is 0. The number of fused-ring (bicyclic) bond motifs is 1. The minimum absolute atomic E-state index is 0.0145. The first kappa shape index (κ1) is 17.1. The average molecular weight is 340 g/mol. The van der Waals surface area contributed by atoms with Crippen LogP contribution in [0.1, 0.15) is 29.7 Å². The monoisotopic (exact) mass is 340 g/mol. The lowest BCUT2D eigenvalue weighted by Crippen LogP contribution is -2.44. The highest BCUT2D eigenvalue weighted by Gasteiger charge is 2.29. The summed E-state index contributed by atoms with van der Waals surface area (Å²) in [5.74, 6) is 1.43. The molecule has 0 saturated heterocycles. The number of methoxy groups -OCH3 is 2. The quantitative estimate of drug-likeness (QED) is 0.926. The van der Waals surface area contributed by atoms with Crippen molar-refractivity contribution < 1.29 is 14.3 Å². The van der Waals surface area contributed by atoms with Gasteiger partial charge in [0.2, 0.25) is 0 Å². The van der Waals surface area contributed by atoms with E-state index in [9.17, 15) is 4.79 Å². The number of carbonyl (C=O) groups excluding carboxylic acids is 1. The van der Waals surface area contributed by atoms with Gasteiger partial charge in [0, 0.05) is 13.1 Å². The fraction of sp³-hybridized carbons (Fsp3) is 0.350. The van der Waals surface area contributed by atoms with Crippen LogP contribution in [0.5, 0.6) is 11.5 Å². The predicted molar refractivity (Wildman–Crippen MR) is 97.0 cm³/mol. The molecule has 0 aliphatic carbocycles. The van der Waals surface area contributed by atoms with Crippen LogP contribution >= 0.6 is 0 Å². The Hall–Kier alpha value is -2.69. The van der Waals surface area contributed by atoms with Crippen LogP contribution in [0.2, 0.25) is 0 Å². The third-order valence-electron chi connectivity index (χ3n) is 4.73. The molecule has 5 nitrogen and oxygen atoms in total. The van der Waals surface area contributed by atoms with Crippen molar-refractivity contribution in [3.8, 4) is 11.5 Å². The molecule has 2 aromatic rings. The first-order chi connectivity index (χ1) is 12.1. The lowest BCUT2D eigenvalue weighted by atomic mass is 9.93. The molecule has 0 spiro atoms. The fourth-order valence-electron chi connectivity index (χ4n) is 3.30. The van der Waals surface area contributed by atoms with Gasteiger partial charge in [-0.05, 0) is 42.2 Å². The van der Waals surface area contributed by atoms with Crippen LogP contribution in [0.3, 0.4) is 0 Å². The van der Waals surface area contributed by atoms with E-state index >= 15 is 0 Å². The fourth-order valence-corrected chi connectivity index (χ4v) is 3.30. The van der Waals surface area contributed by atoms with E-state index in [1.54, 1.807) is 14.2 Å². The summed E-state index contributed by atoms with van der Waals surface area (Å²) in [6.07, 6.45) is 0.804. The molecule has 0 bridgehead atoms. The molecule has 1 heterocycles. The van der Waals surface area contributed by atoms with Crippen LogP contribution in [-0.2, 0) is 13.0 Å². The molecule has 2 amide bonds. The van der Waals surface area contributed by atoms with E-state index in [0.29, 0.717) is 18.8 Å². The lowest BCUT2D eigenvalue weighted by Gasteiger charge is -2.35. The van der Waals surface area contributed by atoms with Gasteiger partial charge in [-0.1, -0.05) is 30.3 Å². The second-order valence-corrected chi connectivity index (χ2v) is 6.17. The Labute approximate surface area is 148 Å². The first-order valence-corrected chi connectivity index (χ1v) is 8.47. The molecule has 0 aromatic heterocycles. The summed E-state index contributed by atoms with van der Waals surface area (Å²) in [4.78, 5) is 14.5. The summed E-state index contributed by atoms with van der Waals surface area (Å²) in [5.41, 5.74) is 3.41. The van der Waals surface area contributed by atoms with Gasteiger partial charge in [-0.25, -0.2) is 4.79 Å². The molecule has 1 aliphatic rings. The lowest BCUT2D eigenvalue weighted by molar-refractivity contribution is 0.174. The van der Waals surface area contributed by atoms with Gasteiger partial charge in [0.1, 0.15) is 0 Å². The highest BCUT2D eigenvalue weighted by Crippen LogP contribution is 2.37. The van der Waals surface area contributed by atoms with Crippen molar-refractivity contribution in [2.75, 3.05) is 20.8 Å². The molecular weight excluding hydrogens is 316 g/mol. The van der Waals surface area contributed by atoms with Crippen LogP contribution in [0.15, 0.2) is 42.5 Å². The summed E-state index contributed by atoms with van der Waals surface area (Å²) in [5, 5.41) is 3.01. The Kier molecular flexibility index (Phi) is 5.12. The maximum Gasteiger partial charge on any atom is 0.318 e. The summed E-state index contributed by atoms with van der Waals surface area (Å²) in [7, 11) is 3.27. The third-order valence-corrected chi connectivity index (χ3v) is 4.73. The summed E-state index contributed by atoms with van der Waals surface area (Å²) in [6, 6.07) is 13.9. The number of hydrogen-bond donors (Lipinski definition) is 1. The average Bonchev–Trinajstić information content (AvgIpc) is 2.66. The van der Waals surface area contributed by atoms with Crippen molar-refractivity contribution in [1.29, 1.82) is 0 Å².